The van der Waals surface area contributed by atoms with Gasteiger partial charge in [0.1, 0.15) is 11.4 Å². The number of hydrogen-bond acceptors (Lipinski definition) is 4. The van der Waals surface area contributed by atoms with Crippen molar-refractivity contribution in [2.75, 3.05) is 6.79 Å². The number of benzene rings is 1. The maximum atomic E-state index is 10.2. The van der Waals surface area contributed by atoms with E-state index >= 15 is 0 Å². The molecule has 0 fully saturated rings. The van der Waals surface area contributed by atoms with Crippen LogP contribution < -0.4 is 4.74 Å². The Morgan fingerprint density at radius 1 is 1.42 bits per heavy atom. The molecule has 0 amide bonds. The first-order chi connectivity index (χ1) is 5.90. The van der Waals surface area contributed by atoms with E-state index in [1.54, 1.807) is 18.2 Å². The minimum absolute atomic E-state index is 0.279. The van der Waals surface area contributed by atoms with Crippen molar-refractivity contribution in [3.63, 3.8) is 0 Å². The third kappa shape index (κ3) is 1.16. The zero-order valence-corrected chi connectivity index (χ0v) is 6.32. The van der Waals surface area contributed by atoms with Crippen LogP contribution in [0.25, 0.3) is 0 Å². The van der Waals surface area contributed by atoms with Gasteiger partial charge in [0, 0.05) is 5.56 Å². The van der Waals surface area contributed by atoms with Crippen LogP contribution in [0.4, 0.5) is 5.69 Å². The van der Waals surface area contributed by atoms with Crippen molar-refractivity contribution in [1.82, 2.24) is 0 Å². The molecule has 62 valence electrons. The molecule has 4 nitrogen and oxygen atoms in total. The van der Waals surface area contributed by atoms with Crippen molar-refractivity contribution in [2.24, 2.45) is 5.18 Å². The van der Waals surface area contributed by atoms with Crippen LogP contribution in [0, 0.1) is 4.91 Å². The monoisotopic (exact) mass is 165 g/mol. The van der Waals surface area contributed by atoms with E-state index in [-0.39, 0.29) is 6.79 Å². The lowest BCUT2D eigenvalue weighted by Gasteiger charge is -2.16. The smallest absolute Gasteiger partial charge is 0.189 e. The normalized spacial score (nSPS) is 14.7. The van der Waals surface area contributed by atoms with Crippen LogP contribution in [0.15, 0.2) is 23.4 Å². The third-order valence-corrected chi connectivity index (χ3v) is 1.70. The van der Waals surface area contributed by atoms with Crippen LogP contribution in [-0.4, -0.2) is 6.79 Å². The molecule has 0 aliphatic carbocycles. The Balaban J connectivity index is 2.42. The van der Waals surface area contributed by atoms with Gasteiger partial charge in [-0.2, -0.15) is 0 Å². The van der Waals surface area contributed by atoms with Gasteiger partial charge in [-0.1, -0.05) is 0 Å². The SMILES string of the molecule is O=Nc1ccc2c(c1)COCO2. The van der Waals surface area contributed by atoms with E-state index in [4.69, 9.17) is 9.47 Å². The van der Waals surface area contributed by atoms with Crippen LogP contribution in [0.3, 0.4) is 0 Å². The summed E-state index contributed by atoms with van der Waals surface area (Å²) < 4.78 is 10.2. The minimum Gasteiger partial charge on any atom is -0.467 e. The van der Waals surface area contributed by atoms with Gasteiger partial charge in [0.2, 0.25) is 0 Å². The molecule has 0 N–H and O–H groups in total. The van der Waals surface area contributed by atoms with Crippen molar-refractivity contribution >= 4 is 5.69 Å². The number of rotatable bonds is 1. The molecule has 0 saturated heterocycles. The van der Waals surface area contributed by atoms with Crippen LogP contribution in [0.5, 0.6) is 5.75 Å². The lowest BCUT2D eigenvalue weighted by atomic mass is 10.2. The molecule has 0 spiro atoms. The summed E-state index contributed by atoms with van der Waals surface area (Å²) in [5.74, 6) is 0.772. The third-order valence-electron chi connectivity index (χ3n) is 1.70. The maximum Gasteiger partial charge on any atom is 0.189 e. The summed E-state index contributed by atoms with van der Waals surface area (Å²) in [5.41, 5.74) is 1.28. The van der Waals surface area contributed by atoms with Crippen LogP contribution in [-0.2, 0) is 11.3 Å². The largest absolute Gasteiger partial charge is 0.467 e. The highest BCUT2D eigenvalue weighted by atomic mass is 16.7. The highest BCUT2D eigenvalue weighted by Gasteiger charge is 2.10. The second-order valence-corrected chi connectivity index (χ2v) is 2.49. The van der Waals surface area contributed by atoms with Crippen LogP contribution in [0.2, 0.25) is 0 Å². The number of nitroso groups, excluding NO2 is 1. The molecular formula is C8H7NO3. The molecule has 2 rings (SSSR count). The van der Waals surface area contributed by atoms with E-state index in [9.17, 15) is 4.91 Å². The van der Waals surface area contributed by atoms with Gasteiger partial charge in [0.15, 0.2) is 6.79 Å². The molecule has 1 aromatic rings. The average molecular weight is 165 g/mol. The fourth-order valence-corrected chi connectivity index (χ4v) is 1.13. The molecule has 1 aliphatic rings. The number of nitrogens with zero attached hydrogens (tertiary/aromatic N) is 1. The predicted octanol–water partition coefficient (Wildman–Crippen LogP) is 1.95. The van der Waals surface area contributed by atoms with Crippen molar-refractivity contribution in [1.29, 1.82) is 0 Å². The number of fused-ring (bicyclic) bond motifs is 1. The van der Waals surface area contributed by atoms with Gasteiger partial charge in [-0.15, -0.1) is 4.91 Å². The molecule has 0 unspecified atom stereocenters. The number of ether oxygens (including phenoxy) is 2. The molecule has 0 atom stereocenters. The summed E-state index contributed by atoms with van der Waals surface area (Å²) in [7, 11) is 0. The quantitative estimate of drug-likeness (QED) is 0.597. The predicted molar refractivity (Wildman–Crippen MR) is 42.2 cm³/mol. The Morgan fingerprint density at radius 3 is 3.17 bits per heavy atom. The minimum atomic E-state index is 0.279. The fraction of sp³-hybridized carbons (Fsp3) is 0.250. The van der Waals surface area contributed by atoms with E-state index in [1.165, 1.54) is 0 Å². The Kier molecular flexibility index (Phi) is 1.75. The molecule has 1 heterocycles. The second-order valence-electron chi connectivity index (χ2n) is 2.49. The van der Waals surface area contributed by atoms with Gasteiger partial charge in [0.05, 0.1) is 6.61 Å². The van der Waals surface area contributed by atoms with E-state index in [0.29, 0.717) is 12.3 Å². The fourth-order valence-electron chi connectivity index (χ4n) is 1.13. The first-order valence-electron chi connectivity index (χ1n) is 3.57. The molecule has 0 bridgehead atoms. The van der Waals surface area contributed by atoms with Crippen molar-refractivity contribution < 1.29 is 9.47 Å². The van der Waals surface area contributed by atoms with E-state index in [0.717, 1.165) is 11.3 Å². The zero-order chi connectivity index (χ0) is 8.39. The summed E-state index contributed by atoms with van der Waals surface area (Å²) in [4.78, 5) is 10.2. The summed E-state index contributed by atoms with van der Waals surface area (Å²) >= 11 is 0. The lowest BCUT2D eigenvalue weighted by molar-refractivity contribution is -0.0163. The first kappa shape index (κ1) is 7.24. The second kappa shape index (κ2) is 2.91. The molecule has 0 radical (unpaired) electrons. The van der Waals surface area contributed by atoms with Crippen molar-refractivity contribution in [2.45, 2.75) is 6.61 Å². The van der Waals surface area contributed by atoms with Gasteiger partial charge >= 0.3 is 0 Å². The van der Waals surface area contributed by atoms with Gasteiger partial charge < -0.3 is 9.47 Å². The summed E-state index contributed by atoms with van der Waals surface area (Å²) in [6.45, 7) is 0.763. The number of hydrogen-bond donors (Lipinski definition) is 0. The lowest BCUT2D eigenvalue weighted by Crippen LogP contribution is -2.10. The molecule has 12 heavy (non-hydrogen) atoms. The van der Waals surface area contributed by atoms with Crippen molar-refractivity contribution in [3.8, 4) is 5.75 Å². The standard InChI is InChI=1S/C8H7NO3/c10-9-7-1-2-8-6(3-7)4-11-5-12-8/h1-3H,4-5H2. The summed E-state index contributed by atoms with van der Waals surface area (Å²) in [5, 5.41) is 2.82. The summed E-state index contributed by atoms with van der Waals surface area (Å²) in [6, 6.07) is 5.02. The van der Waals surface area contributed by atoms with Crippen LogP contribution >= 0.6 is 0 Å². The molecule has 0 saturated carbocycles. The Labute approximate surface area is 69.1 Å². The van der Waals surface area contributed by atoms with E-state index < -0.39 is 0 Å². The average Bonchev–Trinajstić information content (AvgIpc) is 2.17. The van der Waals surface area contributed by atoms with E-state index in [2.05, 4.69) is 5.18 Å². The molecule has 1 aromatic carbocycles. The Bertz CT molecular complexity index is 311. The van der Waals surface area contributed by atoms with Crippen molar-refractivity contribution in [3.05, 3.63) is 28.7 Å². The topological polar surface area (TPSA) is 47.9 Å². The highest BCUT2D eigenvalue weighted by molar-refractivity contribution is 5.47. The highest BCUT2D eigenvalue weighted by Crippen LogP contribution is 2.27. The molecule has 0 aromatic heterocycles. The molecule has 4 heteroatoms. The van der Waals surface area contributed by atoms with Gasteiger partial charge in [0.25, 0.3) is 0 Å². The Morgan fingerprint density at radius 2 is 2.33 bits per heavy atom. The van der Waals surface area contributed by atoms with Gasteiger partial charge in [-0.25, -0.2) is 0 Å². The zero-order valence-electron chi connectivity index (χ0n) is 6.32. The molecule has 1 aliphatic heterocycles. The Hall–Kier alpha value is -1.42. The van der Waals surface area contributed by atoms with Gasteiger partial charge in [-0.05, 0) is 23.4 Å². The maximum absolute atomic E-state index is 10.2. The molecular weight excluding hydrogens is 158 g/mol. The summed E-state index contributed by atoms with van der Waals surface area (Å²) in [6.07, 6.45) is 0. The first-order valence-corrected chi connectivity index (χ1v) is 3.57. The van der Waals surface area contributed by atoms with Crippen LogP contribution in [0.1, 0.15) is 5.56 Å². The van der Waals surface area contributed by atoms with Gasteiger partial charge in [-0.3, -0.25) is 0 Å². The van der Waals surface area contributed by atoms with E-state index in [1.807, 2.05) is 0 Å².